The summed E-state index contributed by atoms with van der Waals surface area (Å²) in [7, 11) is 3.22. The largest absolute Gasteiger partial charge is 0.497 e. The second kappa shape index (κ2) is 6.98. The van der Waals surface area contributed by atoms with Crippen molar-refractivity contribution in [2.75, 3.05) is 20.8 Å². The maximum atomic E-state index is 11.4. The molecule has 0 unspecified atom stereocenters. The first-order valence-electron chi connectivity index (χ1n) is 6.52. The van der Waals surface area contributed by atoms with E-state index in [-0.39, 0.29) is 11.4 Å². The van der Waals surface area contributed by atoms with E-state index in [4.69, 9.17) is 14.2 Å². The average molecular weight is 278 g/mol. The highest BCUT2D eigenvalue weighted by atomic mass is 16.5. The molecule has 1 aromatic carbocycles. The van der Waals surface area contributed by atoms with Crippen molar-refractivity contribution in [3.8, 4) is 11.5 Å². The Morgan fingerprint density at radius 3 is 2.15 bits per heavy atom. The van der Waals surface area contributed by atoms with Crippen LogP contribution in [0.4, 0.5) is 0 Å². The summed E-state index contributed by atoms with van der Waals surface area (Å²) >= 11 is 0. The molecule has 0 aliphatic rings. The highest BCUT2D eigenvalue weighted by Gasteiger charge is 2.19. The van der Waals surface area contributed by atoms with Crippen molar-refractivity contribution in [2.45, 2.75) is 26.2 Å². The zero-order chi connectivity index (χ0) is 15.2. The maximum Gasteiger partial charge on any atom is 0.330 e. The molecule has 1 rings (SSSR count). The van der Waals surface area contributed by atoms with E-state index in [2.05, 4.69) is 0 Å². The molecule has 0 aromatic heterocycles. The Morgan fingerprint density at radius 1 is 1.15 bits per heavy atom. The highest BCUT2D eigenvalue weighted by Crippen LogP contribution is 2.32. The third-order valence-corrected chi connectivity index (χ3v) is 3.02. The number of methoxy groups -OCH3 is 2. The first kappa shape index (κ1) is 16.1. The Balaban J connectivity index is 3.04. The number of ether oxygens (including phenoxy) is 3. The first-order chi connectivity index (χ1) is 9.42. The summed E-state index contributed by atoms with van der Waals surface area (Å²) in [6.07, 6.45) is 3.27. The molecule has 0 aliphatic heterocycles. The van der Waals surface area contributed by atoms with E-state index < -0.39 is 0 Å². The maximum absolute atomic E-state index is 11.4. The monoisotopic (exact) mass is 278 g/mol. The van der Waals surface area contributed by atoms with Crippen LogP contribution in [0.1, 0.15) is 26.3 Å². The van der Waals surface area contributed by atoms with Gasteiger partial charge in [0.25, 0.3) is 0 Å². The molecule has 0 radical (unpaired) electrons. The van der Waals surface area contributed by atoms with Gasteiger partial charge in [-0.3, -0.25) is 0 Å². The van der Waals surface area contributed by atoms with Gasteiger partial charge in [0.1, 0.15) is 11.5 Å². The minimum absolute atomic E-state index is 0.338. The van der Waals surface area contributed by atoms with Gasteiger partial charge >= 0.3 is 5.97 Å². The molecular weight excluding hydrogens is 256 g/mol. The SMILES string of the molecule is CCOC(=O)C=CC(C)(C)c1cc(OC)cc(OC)c1. The number of carbonyl (C=O) groups is 1. The molecule has 0 saturated carbocycles. The molecule has 20 heavy (non-hydrogen) atoms. The lowest BCUT2D eigenvalue weighted by molar-refractivity contribution is -0.137. The molecule has 0 fully saturated rings. The molecule has 0 N–H and O–H groups in total. The molecule has 0 amide bonds. The van der Waals surface area contributed by atoms with Gasteiger partial charge in [-0.15, -0.1) is 0 Å². The van der Waals surface area contributed by atoms with E-state index in [1.54, 1.807) is 21.1 Å². The van der Waals surface area contributed by atoms with Gasteiger partial charge in [0.15, 0.2) is 0 Å². The van der Waals surface area contributed by atoms with Gasteiger partial charge in [-0.25, -0.2) is 4.79 Å². The van der Waals surface area contributed by atoms with Crippen LogP contribution in [0.15, 0.2) is 30.4 Å². The predicted molar refractivity (Wildman–Crippen MR) is 78.3 cm³/mol. The lowest BCUT2D eigenvalue weighted by Gasteiger charge is -2.22. The van der Waals surface area contributed by atoms with Crippen LogP contribution in [-0.4, -0.2) is 26.8 Å². The van der Waals surface area contributed by atoms with Crippen molar-refractivity contribution in [1.82, 2.24) is 0 Å². The van der Waals surface area contributed by atoms with Crippen LogP contribution in [0.5, 0.6) is 11.5 Å². The normalized spacial score (nSPS) is 11.4. The number of benzene rings is 1. The third-order valence-electron chi connectivity index (χ3n) is 3.02. The van der Waals surface area contributed by atoms with Crippen LogP contribution >= 0.6 is 0 Å². The summed E-state index contributed by atoms with van der Waals surface area (Å²) in [5.74, 6) is 1.10. The zero-order valence-corrected chi connectivity index (χ0v) is 12.7. The van der Waals surface area contributed by atoms with Gasteiger partial charge in [-0.2, -0.15) is 0 Å². The number of carbonyl (C=O) groups excluding carboxylic acids is 1. The van der Waals surface area contributed by atoms with Crippen LogP contribution < -0.4 is 9.47 Å². The Morgan fingerprint density at radius 2 is 1.70 bits per heavy atom. The smallest absolute Gasteiger partial charge is 0.330 e. The van der Waals surface area contributed by atoms with Gasteiger partial charge in [0.05, 0.1) is 20.8 Å². The summed E-state index contributed by atoms with van der Waals surface area (Å²) in [4.78, 5) is 11.4. The molecule has 110 valence electrons. The lowest BCUT2D eigenvalue weighted by atomic mass is 9.84. The molecular formula is C16H22O4. The first-order valence-corrected chi connectivity index (χ1v) is 6.52. The van der Waals surface area contributed by atoms with Crippen molar-refractivity contribution < 1.29 is 19.0 Å². The Bertz CT molecular complexity index is 467. The van der Waals surface area contributed by atoms with E-state index in [1.807, 2.05) is 38.1 Å². The summed E-state index contributed by atoms with van der Waals surface area (Å²) < 4.78 is 15.4. The minimum atomic E-state index is -0.339. The van der Waals surface area contributed by atoms with Crippen molar-refractivity contribution in [1.29, 1.82) is 0 Å². The van der Waals surface area contributed by atoms with Crippen LogP contribution in [0.25, 0.3) is 0 Å². The van der Waals surface area contributed by atoms with Gasteiger partial charge in [0.2, 0.25) is 0 Å². The third kappa shape index (κ3) is 4.30. The van der Waals surface area contributed by atoms with Gasteiger partial charge < -0.3 is 14.2 Å². The minimum Gasteiger partial charge on any atom is -0.497 e. The summed E-state index contributed by atoms with van der Waals surface area (Å²) in [6, 6.07) is 5.67. The molecule has 0 spiro atoms. The highest BCUT2D eigenvalue weighted by molar-refractivity contribution is 5.82. The van der Waals surface area contributed by atoms with Crippen LogP contribution in [-0.2, 0) is 14.9 Å². The van der Waals surface area contributed by atoms with Gasteiger partial charge in [-0.05, 0) is 24.6 Å². The fourth-order valence-corrected chi connectivity index (χ4v) is 1.74. The second-order valence-corrected chi connectivity index (χ2v) is 4.91. The quantitative estimate of drug-likeness (QED) is 0.592. The van der Waals surface area contributed by atoms with Crippen molar-refractivity contribution in [3.05, 3.63) is 35.9 Å². The molecule has 0 atom stereocenters. The van der Waals surface area contributed by atoms with Crippen molar-refractivity contribution in [3.63, 3.8) is 0 Å². The molecule has 0 aliphatic carbocycles. The molecule has 4 heteroatoms. The van der Waals surface area contributed by atoms with Gasteiger partial charge in [-0.1, -0.05) is 19.9 Å². The fraction of sp³-hybridized carbons (Fsp3) is 0.438. The number of esters is 1. The van der Waals surface area contributed by atoms with Crippen LogP contribution in [0.2, 0.25) is 0 Å². The van der Waals surface area contributed by atoms with E-state index >= 15 is 0 Å². The molecule has 1 aromatic rings. The van der Waals surface area contributed by atoms with Crippen molar-refractivity contribution >= 4 is 5.97 Å². The molecule has 0 heterocycles. The topological polar surface area (TPSA) is 44.8 Å². The van der Waals surface area contributed by atoms with E-state index in [1.165, 1.54) is 6.08 Å². The van der Waals surface area contributed by atoms with Crippen LogP contribution in [0, 0.1) is 0 Å². The predicted octanol–water partition coefficient (Wildman–Crippen LogP) is 3.10. The summed E-state index contributed by atoms with van der Waals surface area (Å²) in [5.41, 5.74) is 0.656. The second-order valence-electron chi connectivity index (χ2n) is 4.91. The average Bonchev–Trinajstić information content (AvgIpc) is 2.45. The lowest BCUT2D eigenvalue weighted by Crippen LogP contribution is -2.15. The standard InChI is InChI=1S/C16H22O4/c1-6-20-15(17)7-8-16(2,3)12-9-13(18-4)11-14(10-12)19-5/h7-11H,6H2,1-5H3. The molecule has 0 bridgehead atoms. The Labute approximate surface area is 120 Å². The van der Waals surface area contributed by atoms with Crippen molar-refractivity contribution in [2.24, 2.45) is 0 Å². The fourth-order valence-electron chi connectivity index (χ4n) is 1.74. The molecule has 4 nitrogen and oxygen atoms in total. The molecule has 0 saturated heterocycles. The van der Waals surface area contributed by atoms with Gasteiger partial charge in [0, 0.05) is 17.6 Å². The van der Waals surface area contributed by atoms with E-state index in [0.29, 0.717) is 6.61 Å². The van der Waals surface area contributed by atoms with E-state index in [9.17, 15) is 4.79 Å². The summed E-state index contributed by atoms with van der Waals surface area (Å²) in [5, 5.41) is 0. The van der Waals surface area contributed by atoms with Crippen LogP contribution in [0.3, 0.4) is 0 Å². The number of allylic oxidation sites excluding steroid dienone is 1. The summed E-state index contributed by atoms with van der Waals surface area (Å²) in [6.45, 7) is 6.17. The zero-order valence-electron chi connectivity index (χ0n) is 12.7. The number of hydrogen-bond acceptors (Lipinski definition) is 4. The van der Waals surface area contributed by atoms with E-state index in [0.717, 1.165) is 17.1 Å². The Kier molecular flexibility index (Phi) is 5.62. The Hall–Kier alpha value is -1.97. The number of rotatable bonds is 6. The number of hydrogen-bond donors (Lipinski definition) is 0.